The molecule has 0 heterocycles. The Kier molecular flexibility index (Phi) is 4.75. The molecule has 0 N–H and O–H groups in total. The molecular weight excluding hydrogens is 302 g/mol. The number of amides is 1. The third-order valence-electron chi connectivity index (χ3n) is 4.15. The number of nitrogens with zero attached hydrogens (tertiary/aromatic N) is 1. The summed E-state index contributed by atoms with van der Waals surface area (Å²) in [5.74, 6) is -0.592. The Morgan fingerprint density at radius 1 is 1.00 bits per heavy atom. The van der Waals surface area contributed by atoms with Gasteiger partial charge in [-0.15, -0.1) is 0 Å². The molecule has 2 aromatic rings. The maximum Gasteiger partial charge on any atom is 0.325 e. The smallest absolute Gasteiger partial charge is 0.325 e. The van der Waals surface area contributed by atoms with E-state index in [1.807, 2.05) is 54.6 Å². The summed E-state index contributed by atoms with van der Waals surface area (Å²) in [6.07, 6.45) is 3.42. The van der Waals surface area contributed by atoms with Gasteiger partial charge in [-0.05, 0) is 42.2 Å². The Hall–Kier alpha value is -2.88. The Morgan fingerprint density at radius 2 is 1.71 bits per heavy atom. The molecular formula is C20H19NO3. The van der Waals surface area contributed by atoms with Crippen LogP contribution < -0.4 is 4.90 Å². The summed E-state index contributed by atoms with van der Waals surface area (Å²) in [6.45, 7) is -0.0989. The summed E-state index contributed by atoms with van der Waals surface area (Å²) in [4.78, 5) is 26.2. The Morgan fingerprint density at radius 3 is 2.46 bits per heavy atom. The lowest BCUT2D eigenvalue weighted by atomic mass is 9.91. The van der Waals surface area contributed by atoms with Crippen LogP contribution in [0, 0.1) is 0 Å². The van der Waals surface area contributed by atoms with Crippen molar-refractivity contribution in [2.24, 2.45) is 0 Å². The number of esters is 1. The molecule has 1 amide bonds. The van der Waals surface area contributed by atoms with Crippen LogP contribution in [0.3, 0.4) is 0 Å². The highest BCUT2D eigenvalue weighted by molar-refractivity contribution is 6.10. The van der Waals surface area contributed by atoms with Crippen molar-refractivity contribution >= 4 is 23.6 Å². The van der Waals surface area contributed by atoms with E-state index in [1.54, 1.807) is 0 Å². The number of anilines is 1. The van der Waals surface area contributed by atoms with Gasteiger partial charge in [0.25, 0.3) is 5.91 Å². The fraction of sp³-hybridized carbons (Fsp3) is 0.200. The summed E-state index contributed by atoms with van der Waals surface area (Å²) in [7, 11) is 1.33. The first-order valence-electron chi connectivity index (χ1n) is 7.91. The molecule has 0 aromatic heterocycles. The first-order valence-corrected chi connectivity index (χ1v) is 7.91. The normalized spacial score (nSPS) is 12.8. The average molecular weight is 321 g/mol. The Labute approximate surface area is 141 Å². The van der Waals surface area contributed by atoms with Gasteiger partial charge < -0.3 is 4.74 Å². The number of ether oxygens (including phenoxy) is 1. The molecule has 0 aliphatic heterocycles. The molecule has 24 heavy (non-hydrogen) atoms. The van der Waals surface area contributed by atoms with Gasteiger partial charge in [0.05, 0.1) is 7.11 Å². The fourth-order valence-corrected chi connectivity index (χ4v) is 2.86. The molecule has 1 aliphatic carbocycles. The third-order valence-corrected chi connectivity index (χ3v) is 4.15. The van der Waals surface area contributed by atoms with Crippen molar-refractivity contribution in [3.8, 4) is 0 Å². The maximum absolute atomic E-state index is 13.0. The number of benzene rings is 2. The lowest BCUT2D eigenvalue weighted by Gasteiger charge is -2.25. The molecule has 3 rings (SSSR count). The van der Waals surface area contributed by atoms with E-state index in [9.17, 15) is 9.59 Å². The van der Waals surface area contributed by atoms with E-state index in [1.165, 1.54) is 17.6 Å². The van der Waals surface area contributed by atoms with Crippen LogP contribution in [0.2, 0.25) is 0 Å². The van der Waals surface area contributed by atoms with Gasteiger partial charge in [-0.1, -0.05) is 42.5 Å². The number of rotatable bonds is 4. The number of methoxy groups -OCH3 is 1. The number of hydrogen-bond donors (Lipinski definition) is 0. The molecule has 0 spiro atoms. The van der Waals surface area contributed by atoms with Crippen molar-refractivity contribution in [2.75, 3.05) is 18.6 Å². The van der Waals surface area contributed by atoms with Crippen molar-refractivity contribution in [3.05, 3.63) is 71.3 Å². The van der Waals surface area contributed by atoms with Gasteiger partial charge in [0.15, 0.2) is 0 Å². The van der Waals surface area contributed by atoms with Gasteiger partial charge in [-0.2, -0.15) is 0 Å². The quantitative estimate of drug-likeness (QED) is 0.812. The minimum atomic E-state index is -0.441. The maximum atomic E-state index is 13.0. The second-order valence-electron chi connectivity index (χ2n) is 5.67. The zero-order chi connectivity index (χ0) is 16.9. The van der Waals surface area contributed by atoms with Crippen LogP contribution in [-0.4, -0.2) is 25.5 Å². The molecule has 0 saturated heterocycles. The van der Waals surface area contributed by atoms with Gasteiger partial charge in [0, 0.05) is 11.3 Å². The van der Waals surface area contributed by atoms with Crippen molar-refractivity contribution in [1.29, 1.82) is 0 Å². The highest BCUT2D eigenvalue weighted by atomic mass is 16.5. The van der Waals surface area contributed by atoms with Gasteiger partial charge in [-0.3, -0.25) is 14.5 Å². The number of aryl methyl sites for hydroxylation is 1. The zero-order valence-corrected chi connectivity index (χ0v) is 13.6. The summed E-state index contributed by atoms with van der Waals surface area (Å²) in [5, 5.41) is 0. The summed E-state index contributed by atoms with van der Waals surface area (Å²) in [5.41, 5.74) is 3.71. The summed E-state index contributed by atoms with van der Waals surface area (Å²) >= 11 is 0. The molecule has 122 valence electrons. The lowest BCUT2D eigenvalue weighted by molar-refractivity contribution is -0.139. The second-order valence-corrected chi connectivity index (χ2v) is 5.67. The average Bonchev–Trinajstić information content (AvgIpc) is 2.65. The molecule has 4 nitrogen and oxygen atoms in total. The highest BCUT2D eigenvalue weighted by Gasteiger charge is 2.24. The highest BCUT2D eigenvalue weighted by Crippen LogP contribution is 2.26. The zero-order valence-electron chi connectivity index (χ0n) is 13.6. The first-order chi connectivity index (χ1) is 11.7. The lowest BCUT2D eigenvalue weighted by Crippen LogP contribution is -2.37. The minimum Gasteiger partial charge on any atom is -0.468 e. The van der Waals surface area contributed by atoms with Crippen molar-refractivity contribution in [1.82, 2.24) is 0 Å². The monoisotopic (exact) mass is 321 g/mol. The van der Waals surface area contributed by atoms with E-state index < -0.39 is 5.97 Å². The van der Waals surface area contributed by atoms with E-state index in [-0.39, 0.29) is 12.5 Å². The van der Waals surface area contributed by atoms with Crippen molar-refractivity contribution < 1.29 is 14.3 Å². The molecule has 0 radical (unpaired) electrons. The van der Waals surface area contributed by atoms with Crippen molar-refractivity contribution in [2.45, 2.75) is 12.8 Å². The molecule has 0 fully saturated rings. The SMILES string of the molecule is COC(=O)CN(C(=O)C1=Cc2ccccc2CC1)c1ccccc1. The standard InChI is InChI=1S/C20H19NO3/c1-24-19(22)14-21(18-9-3-2-4-10-18)20(23)17-12-11-15-7-5-6-8-16(15)13-17/h2-10,13H,11-12,14H2,1H3. The van der Waals surface area contributed by atoms with Crippen LogP contribution in [-0.2, 0) is 20.7 Å². The summed E-state index contributed by atoms with van der Waals surface area (Å²) in [6, 6.07) is 17.3. The van der Waals surface area contributed by atoms with E-state index in [0.29, 0.717) is 17.7 Å². The molecule has 0 saturated carbocycles. The van der Waals surface area contributed by atoms with Crippen LogP contribution in [0.4, 0.5) is 5.69 Å². The first kappa shape index (κ1) is 16.0. The van der Waals surface area contributed by atoms with E-state index in [0.717, 1.165) is 12.0 Å². The van der Waals surface area contributed by atoms with Gasteiger partial charge in [0.2, 0.25) is 0 Å². The van der Waals surface area contributed by atoms with Crippen molar-refractivity contribution in [3.63, 3.8) is 0 Å². The molecule has 4 heteroatoms. The largest absolute Gasteiger partial charge is 0.468 e. The number of fused-ring (bicyclic) bond motifs is 1. The number of carbonyl (C=O) groups is 2. The van der Waals surface area contributed by atoms with Crippen LogP contribution in [0.25, 0.3) is 6.08 Å². The Balaban J connectivity index is 1.92. The summed E-state index contributed by atoms with van der Waals surface area (Å²) < 4.78 is 4.74. The molecule has 1 aliphatic rings. The topological polar surface area (TPSA) is 46.6 Å². The van der Waals surface area contributed by atoms with Gasteiger partial charge in [0.1, 0.15) is 6.54 Å². The molecule has 0 unspecified atom stereocenters. The van der Waals surface area contributed by atoms with Crippen LogP contribution in [0.5, 0.6) is 0 Å². The number of para-hydroxylation sites is 1. The Bertz CT molecular complexity index is 780. The van der Waals surface area contributed by atoms with Crippen LogP contribution in [0.1, 0.15) is 17.5 Å². The molecule has 0 atom stereocenters. The fourth-order valence-electron chi connectivity index (χ4n) is 2.86. The number of carbonyl (C=O) groups excluding carboxylic acids is 2. The third kappa shape index (κ3) is 3.38. The molecule has 0 bridgehead atoms. The van der Waals surface area contributed by atoms with E-state index >= 15 is 0 Å². The molecule has 2 aromatic carbocycles. The van der Waals surface area contributed by atoms with Crippen LogP contribution in [0.15, 0.2) is 60.2 Å². The van der Waals surface area contributed by atoms with Gasteiger partial charge >= 0.3 is 5.97 Å². The predicted octanol–water partition coefficient (Wildman–Crippen LogP) is 3.22. The predicted molar refractivity (Wildman–Crippen MR) is 93.6 cm³/mol. The van der Waals surface area contributed by atoms with Gasteiger partial charge in [-0.25, -0.2) is 0 Å². The minimum absolute atomic E-state index is 0.0989. The van der Waals surface area contributed by atoms with E-state index in [4.69, 9.17) is 4.74 Å². The van der Waals surface area contributed by atoms with E-state index in [2.05, 4.69) is 6.07 Å². The van der Waals surface area contributed by atoms with Crippen LogP contribution >= 0.6 is 0 Å². The second kappa shape index (κ2) is 7.13. The number of hydrogen-bond acceptors (Lipinski definition) is 3.